The van der Waals surface area contributed by atoms with Gasteiger partial charge in [-0.1, -0.05) is 26.7 Å². The molecule has 4 rings (SSSR count). The van der Waals surface area contributed by atoms with Crippen LogP contribution in [0.4, 0.5) is 0 Å². The summed E-state index contributed by atoms with van der Waals surface area (Å²) in [6, 6.07) is 0. The zero-order chi connectivity index (χ0) is 21.0. The van der Waals surface area contributed by atoms with Crippen molar-refractivity contribution in [1.82, 2.24) is 0 Å². The van der Waals surface area contributed by atoms with Crippen molar-refractivity contribution in [2.75, 3.05) is 0 Å². The van der Waals surface area contributed by atoms with Gasteiger partial charge < -0.3 is 9.47 Å². The first kappa shape index (κ1) is 21.2. The monoisotopic (exact) mass is 404 g/mol. The summed E-state index contributed by atoms with van der Waals surface area (Å²) in [5.74, 6) is 2.64. The largest absolute Gasteiger partial charge is 0.462 e. The van der Waals surface area contributed by atoms with Crippen LogP contribution in [0.25, 0.3) is 0 Å². The molecule has 4 nitrogen and oxygen atoms in total. The highest BCUT2D eigenvalue weighted by Crippen LogP contribution is 2.68. The molecular weight excluding hydrogens is 364 g/mol. The minimum Gasteiger partial charge on any atom is -0.462 e. The fourth-order valence-corrected chi connectivity index (χ4v) is 8.83. The van der Waals surface area contributed by atoms with E-state index in [9.17, 15) is 9.59 Å². The maximum atomic E-state index is 11.9. The van der Waals surface area contributed by atoms with Crippen LogP contribution in [0.5, 0.6) is 0 Å². The van der Waals surface area contributed by atoms with Crippen LogP contribution in [0, 0.1) is 40.4 Å². The van der Waals surface area contributed by atoms with E-state index in [-0.39, 0.29) is 35.5 Å². The molecule has 9 atom stereocenters. The molecule has 0 radical (unpaired) electrons. The molecule has 0 aromatic carbocycles. The molecule has 0 heterocycles. The summed E-state index contributed by atoms with van der Waals surface area (Å²) in [5, 5.41) is 0. The first-order chi connectivity index (χ1) is 13.7. The average molecular weight is 405 g/mol. The highest BCUT2D eigenvalue weighted by atomic mass is 16.6. The molecule has 4 aliphatic carbocycles. The highest BCUT2D eigenvalue weighted by Gasteiger charge is 2.64. The van der Waals surface area contributed by atoms with E-state index in [2.05, 4.69) is 13.8 Å². The number of fused-ring (bicyclic) bond motifs is 5. The molecule has 0 N–H and O–H groups in total. The van der Waals surface area contributed by atoms with Crippen molar-refractivity contribution in [2.24, 2.45) is 40.4 Å². The van der Waals surface area contributed by atoms with E-state index in [4.69, 9.17) is 9.47 Å². The molecule has 29 heavy (non-hydrogen) atoms. The minimum absolute atomic E-state index is 0.0774. The van der Waals surface area contributed by atoms with E-state index in [0.717, 1.165) is 30.6 Å². The van der Waals surface area contributed by atoms with Gasteiger partial charge in [0.25, 0.3) is 0 Å². The molecule has 0 aromatic heterocycles. The van der Waals surface area contributed by atoms with Gasteiger partial charge in [0.2, 0.25) is 0 Å². The van der Waals surface area contributed by atoms with E-state index in [0.29, 0.717) is 11.3 Å². The van der Waals surface area contributed by atoms with Crippen LogP contribution in [0.2, 0.25) is 0 Å². The predicted octanol–water partition coefficient (Wildman–Crippen LogP) is 5.53. The summed E-state index contributed by atoms with van der Waals surface area (Å²) >= 11 is 0. The topological polar surface area (TPSA) is 52.6 Å². The molecule has 0 aromatic rings. The van der Waals surface area contributed by atoms with Gasteiger partial charge in [-0.25, -0.2) is 0 Å². The lowest BCUT2D eigenvalue weighted by atomic mass is 9.45. The van der Waals surface area contributed by atoms with E-state index >= 15 is 0 Å². The molecule has 8 unspecified atom stereocenters. The van der Waals surface area contributed by atoms with Crippen molar-refractivity contribution in [2.45, 2.75) is 105 Å². The average Bonchev–Trinajstić information content (AvgIpc) is 2.91. The SMILES string of the molecule is CC(=O)OC(C)C1C(OC(C)=O)CC2C3CC[C@H]4CCCCC4(C)C3CCC21C. The van der Waals surface area contributed by atoms with Crippen molar-refractivity contribution in [3.05, 3.63) is 0 Å². The highest BCUT2D eigenvalue weighted by molar-refractivity contribution is 5.67. The molecule has 4 heteroatoms. The van der Waals surface area contributed by atoms with E-state index in [1.54, 1.807) is 0 Å². The third-order valence-electron chi connectivity index (χ3n) is 9.84. The molecule has 164 valence electrons. The smallest absolute Gasteiger partial charge is 0.302 e. The summed E-state index contributed by atoms with van der Waals surface area (Å²) in [7, 11) is 0. The zero-order valence-corrected chi connectivity index (χ0v) is 19.0. The van der Waals surface area contributed by atoms with Crippen molar-refractivity contribution in [1.29, 1.82) is 0 Å². The van der Waals surface area contributed by atoms with Crippen molar-refractivity contribution in [3.8, 4) is 0 Å². The Morgan fingerprint density at radius 2 is 1.66 bits per heavy atom. The van der Waals surface area contributed by atoms with E-state index in [1.165, 1.54) is 58.8 Å². The minimum atomic E-state index is -0.241. The van der Waals surface area contributed by atoms with Crippen LogP contribution in [0.1, 0.15) is 92.4 Å². The van der Waals surface area contributed by atoms with Crippen LogP contribution in [-0.2, 0) is 19.1 Å². The lowest BCUT2D eigenvalue weighted by Gasteiger charge is -2.60. The summed E-state index contributed by atoms with van der Waals surface area (Å²) in [6.45, 7) is 9.98. The summed E-state index contributed by atoms with van der Waals surface area (Å²) in [6.07, 6.45) is 11.3. The molecule has 0 saturated heterocycles. The molecule has 0 aliphatic heterocycles. The molecular formula is C25H40O4. The Hall–Kier alpha value is -1.06. The summed E-state index contributed by atoms with van der Waals surface area (Å²) in [5.41, 5.74) is 0.576. The van der Waals surface area contributed by atoms with Gasteiger partial charge in [-0.3, -0.25) is 9.59 Å². The molecule has 0 amide bonds. The molecule has 0 spiro atoms. The van der Waals surface area contributed by atoms with Gasteiger partial charge in [-0.05, 0) is 86.4 Å². The Labute approximate surface area is 176 Å². The zero-order valence-electron chi connectivity index (χ0n) is 19.0. The number of ether oxygens (including phenoxy) is 2. The van der Waals surface area contributed by atoms with Gasteiger partial charge in [-0.15, -0.1) is 0 Å². The Kier molecular flexibility index (Phi) is 5.53. The number of carbonyl (C=O) groups excluding carboxylic acids is 2. The molecule has 4 aliphatic rings. The number of carbonyl (C=O) groups is 2. The van der Waals surface area contributed by atoms with Crippen LogP contribution in [0.15, 0.2) is 0 Å². The standard InChI is InChI=1S/C25H40O4/c1-15(28-16(2)26)23-22(29-17(3)27)14-21-19-10-9-18-8-6-7-12-24(18,4)20(19)11-13-25(21,23)5/h15,18-23H,6-14H2,1-5H3/t15?,18-,19?,20?,21?,22?,23?,24?,25?/m1/s1. The van der Waals surface area contributed by atoms with Gasteiger partial charge in [-0.2, -0.15) is 0 Å². The van der Waals surface area contributed by atoms with Gasteiger partial charge in [0.05, 0.1) is 0 Å². The van der Waals surface area contributed by atoms with Crippen LogP contribution in [-0.4, -0.2) is 24.1 Å². The maximum absolute atomic E-state index is 11.9. The first-order valence-corrected chi connectivity index (χ1v) is 12.0. The Balaban J connectivity index is 1.64. The Morgan fingerprint density at radius 3 is 2.34 bits per heavy atom. The van der Waals surface area contributed by atoms with Crippen molar-refractivity contribution in [3.63, 3.8) is 0 Å². The third-order valence-corrected chi connectivity index (χ3v) is 9.84. The van der Waals surface area contributed by atoms with Gasteiger partial charge in [0, 0.05) is 19.8 Å². The molecule has 0 bridgehead atoms. The van der Waals surface area contributed by atoms with Crippen LogP contribution in [0.3, 0.4) is 0 Å². The van der Waals surface area contributed by atoms with E-state index < -0.39 is 0 Å². The second-order valence-electron chi connectivity index (χ2n) is 11.2. The summed E-state index contributed by atoms with van der Waals surface area (Å²) < 4.78 is 11.5. The van der Waals surface area contributed by atoms with Crippen molar-refractivity contribution < 1.29 is 19.1 Å². The normalized spacial score (nSPS) is 47.3. The van der Waals surface area contributed by atoms with Gasteiger partial charge in [0.1, 0.15) is 12.2 Å². The lowest BCUT2D eigenvalue weighted by Crippen LogP contribution is -2.53. The van der Waals surface area contributed by atoms with Gasteiger partial charge in [0.15, 0.2) is 0 Å². The predicted molar refractivity (Wildman–Crippen MR) is 112 cm³/mol. The van der Waals surface area contributed by atoms with Crippen LogP contribution >= 0.6 is 0 Å². The number of hydrogen-bond donors (Lipinski definition) is 0. The molecule has 4 saturated carbocycles. The molecule has 4 fully saturated rings. The number of esters is 2. The van der Waals surface area contributed by atoms with Crippen LogP contribution < -0.4 is 0 Å². The second kappa shape index (κ2) is 7.57. The fraction of sp³-hybridized carbons (Fsp3) is 0.920. The van der Waals surface area contributed by atoms with E-state index in [1.807, 2.05) is 6.92 Å². The Morgan fingerprint density at radius 1 is 0.897 bits per heavy atom. The maximum Gasteiger partial charge on any atom is 0.302 e. The first-order valence-electron chi connectivity index (χ1n) is 12.0. The number of rotatable bonds is 3. The second-order valence-corrected chi connectivity index (χ2v) is 11.2. The fourth-order valence-electron chi connectivity index (χ4n) is 8.83. The van der Waals surface area contributed by atoms with Crippen molar-refractivity contribution >= 4 is 11.9 Å². The quantitative estimate of drug-likeness (QED) is 0.581. The lowest BCUT2D eigenvalue weighted by molar-refractivity contribution is -0.163. The third kappa shape index (κ3) is 3.43. The van der Waals surface area contributed by atoms with Gasteiger partial charge >= 0.3 is 11.9 Å². The Bertz CT molecular complexity index is 659. The summed E-state index contributed by atoms with van der Waals surface area (Å²) in [4.78, 5) is 23.6. The number of hydrogen-bond acceptors (Lipinski definition) is 4.